The molecule has 1 aliphatic heterocycles. The molecule has 2 rings (SSSR count). The van der Waals surface area contributed by atoms with E-state index in [2.05, 4.69) is 9.62 Å². The molecular weight excluding hydrogens is 313 g/mol. The molecule has 1 aromatic carbocycles. The van der Waals surface area contributed by atoms with Crippen LogP contribution in [0.25, 0.3) is 0 Å². The van der Waals surface area contributed by atoms with Crippen molar-refractivity contribution in [3.05, 3.63) is 29.6 Å². The molecule has 1 heterocycles. The molecule has 21 heavy (non-hydrogen) atoms. The molecule has 0 saturated carbocycles. The van der Waals surface area contributed by atoms with E-state index in [1.165, 1.54) is 12.1 Å². The first kappa shape index (κ1) is 16.7. The zero-order chi connectivity index (χ0) is 15.3. The Kier molecular flexibility index (Phi) is 6.00. The van der Waals surface area contributed by atoms with E-state index >= 15 is 0 Å². The first-order valence-corrected chi connectivity index (χ1v) is 9.45. The number of rotatable bonds is 6. The highest BCUT2D eigenvalue weighted by molar-refractivity contribution is 7.99. The van der Waals surface area contributed by atoms with Crippen LogP contribution >= 0.6 is 11.8 Å². The quantitative estimate of drug-likeness (QED) is 0.798. The fraction of sp³-hybridized carbons (Fsp3) is 0.538. The van der Waals surface area contributed by atoms with E-state index in [9.17, 15) is 12.8 Å². The highest BCUT2D eigenvalue weighted by Crippen LogP contribution is 2.14. The molecule has 0 radical (unpaired) electrons. The standard InChI is InChI=1S/C13H20FN3O2S2/c14-13-2-1-12(9-11(13)10-15)21(18,19)16-3-4-17-5-7-20-8-6-17/h1-2,9,16H,3-8,10,15H2. The van der Waals surface area contributed by atoms with Crippen LogP contribution in [0.4, 0.5) is 4.39 Å². The monoisotopic (exact) mass is 333 g/mol. The van der Waals surface area contributed by atoms with Crippen molar-refractivity contribution in [1.82, 2.24) is 9.62 Å². The predicted molar refractivity (Wildman–Crippen MR) is 83.2 cm³/mol. The average Bonchev–Trinajstić information content (AvgIpc) is 2.48. The molecule has 1 aliphatic rings. The van der Waals surface area contributed by atoms with Gasteiger partial charge in [-0.15, -0.1) is 0 Å². The molecule has 0 aromatic heterocycles. The lowest BCUT2D eigenvalue weighted by Crippen LogP contribution is -2.39. The van der Waals surface area contributed by atoms with Gasteiger partial charge >= 0.3 is 0 Å². The lowest BCUT2D eigenvalue weighted by atomic mass is 10.2. The van der Waals surface area contributed by atoms with E-state index < -0.39 is 15.8 Å². The van der Waals surface area contributed by atoms with E-state index in [1.807, 2.05) is 11.8 Å². The maximum Gasteiger partial charge on any atom is 0.240 e. The van der Waals surface area contributed by atoms with Crippen LogP contribution < -0.4 is 10.5 Å². The van der Waals surface area contributed by atoms with E-state index in [-0.39, 0.29) is 17.0 Å². The zero-order valence-corrected chi connectivity index (χ0v) is 13.4. The molecule has 118 valence electrons. The van der Waals surface area contributed by atoms with Gasteiger partial charge in [-0.1, -0.05) is 0 Å². The third-order valence-corrected chi connectivity index (χ3v) is 5.77. The van der Waals surface area contributed by atoms with Gasteiger partial charge in [-0.2, -0.15) is 11.8 Å². The lowest BCUT2D eigenvalue weighted by molar-refractivity contribution is 0.307. The molecule has 0 amide bonds. The van der Waals surface area contributed by atoms with Crippen LogP contribution in [0.15, 0.2) is 23.1 Å². The van der Waals surface area contributed by atoms with Gasteiger partial charge in [-0.3, -0.25) is 0 Å². The van der Waals surface area contributed by atoms with Crippen molar-refractivity contribution >= 4 is 21.8 Å². The number of halogens is 1. The van der Waals surface area contributed by atoms with Crippen LogP contribution in [0.3, 0.4) is 0 Å². The second-order valence-electron chi connectivity index (χ2n) is 4.81. The Morgan fingerprint density at radius 3 is 2.71 bits per heavy atom. The van der Waals surface area contributed by atoms with Gasteiger partial charge < -0.3 is 10.6 Å². The van der Waals surface area contributed by atoms with Gasteiger partial charge in [0.05, 0.1) is 4.90 Å². The summed E-state index contributed by atoms with van der Waals surface area (Å²) < 4.78 is 40.2. The third kappa shape index (κ3) is 4.65. The molecule has 3 N–H and O–H groups in total. The summed E-state index contributed by atoms with van der Waals surface area (Å²) in [7, 11) is -3.61. The van der Waals surface area contributed by atoms with Crippen LogP contribution in [-0.2, 0) is 16.6 Å². The minimum absolute atomic E-state index is 0.0271. The fourth-order valence-electron chi connectivity index (χ4n) is 2.12. The minimum Gasteiger partial charge on any atom is -0.326 e. The summed E-state index contributed by atoms with van der Waals surface area (Å²) in [5.74, 6) is 1.69. The second kappa shape index (κ2) is 7.55. The van der Waals surface area contributed by atoms with Crippen molar-refractivity contribution in [2.24, 2.45) is 5.73 Å². The van der Waals surface area contributed by atoms with Crippen LogP contribution in [-0.4, -0.2) is 51.0 Å². The van der Waals surface area contributed by atoms with Gasteiger partial charge in [0.2, 0.25) is 10.0 Å². The topological polar surface area (TPSA) is 75.4 Å². The predicted octanol–water partition coefficient (Wildman–Crippen LogP) is 0.612. The van der Waals surface area contributed by atoms with E-state index in [1.54, 1.807) is 0 Å². The molecule has 1 fully saturated rings. The van der Waals surface area contributed by atoms with Gasteiger partial charge in [0.25, 0.3) is 0 Å². The van der Waals surface area contributed by atoms with Crippen molar-refractivity contribution in [2.75, 3.05) is 37.7 Å². The molecule has 1 aromatic rings. The number of benzene rings is 1. The highest BCUT2D eigenvalue weighted by Gasteiger charge is 2.17. The Bertz CT molecular complexity index is 575. The van der Waals surface area contributed by atoms with Gasteiger partial charge in [0.15, 0.2) is 0 Å². The Morgan fingerprint density at radius 2 is 2.05 bits per heavy atom. The molecule has 8 heteroatoms. The van der Waals surface area contributed by atoms with Gasteiger partial charge in [0, 0.05) is 49.8 Å². The average molecular weight is 333 g/mol. The highest BCUT2D eigenvalue weighted by atomic mass is 32.2. The van der Waals surface area contributed by atoms with Crippen molar-refractivity contribution < 1.29 is 12.8 Å². The smallest absolute Gasteiger partial charge is 0.240 e. The number of nitrogens with two attached hydrogens (primary N) is 1. The summed E-state index contributed by atoms with van der Waals surface area (Å²) >= 11 is 1.91. The van der Waals surface area contributed by atoms with Crippen LogP contribution in [0.5, 0.6) is 0 Å². The summed E-state index contributed by atoms with van der Waals surface area (Å²) in [5, 5.41) is 0. The zero-order valence-electron chi connectivity index (χ0n) is 11.7. The number of nitrogens with one attached hydrogen (secondary N) is 1. The molecular formula is C13H20FN3O2S2. The molecule has 0 atom stereocenters. The molecule has 1 saturated heterocycles. The summed E-state index contributed by atoms with van der Waals surface area (Å²) in [6, 6.07) is 3.68. The molecule has 0 aliphatic carbocycles. The third-order valence-electron chi connectivity index (χ3n) is 3.37. The molecule has 0 bridgehead atoms. The minimum atomic E-state index is -3.61. The van der Waals surface area contributed by atoms with Crippen LogP contribution in [0.2, 0.25) is 0 Å². The summed E-state index contributed by atoms with van der Waals surface area (Å²) in [6.07, 6.45) is 0. The van der Waals surface area contributed by atoms with Gasteiger partial charge in [-0.05, 0) is 18.2 Å². The molecule has 0 unspecified atom stereocenters. The normalized spacial score (nSPS) is 17.0. The number of thioether (sulfide) groups is 1. The lowest BCUT2D eigenvalue weighted by Gasteiger charge is -2.25. The number of sulfonamides is 1. The van der Waals surface area contributed by atoms with E-state index in [4.69, 9.17) is 5.73 Å². The maximum absolute atomic E-state index is 13.3. The molecule has 5 nitrogen and oxygen atoms in total. The van der Waals surface area contributed by atoms with Crippen LogP contribution in [0, 0.1) is 5.82 Å². The summed E-state index contributed by atoms with van der Waals surface area (Å²) in [4.78, 5) is 2.29. The van der Waals surface area contributed by atoms with Crippen molar-refractivity contribution in [2.45, 2.75) is 11.4 Å². The Balaban J connectivity index is 1.94. The summed E-state index contributed by atoms with van der Waals surface area (Å²) in [6.45, 7) is 2.98. The van der Waals surface area contributed by atoms with Crippen molar-refractivity contribution in [1.29, 1.82) is 0 Å². The van der Waals surface area contributed by atoms with Crippen molar-refractivity contribution in [3.63, 3.8) is 0 Å². The van der Waals surface area contributed by atoms with E-state index in [0.717, 1.165) is 30.7 Å². The van der Waals surface area contributed by atoms with Crippen molar-refractivity contribution in [3.8, 4) is 0 Å². The first-order chi connectivity index (χ1) is 10.0. The fourth-order valence-corrected chi connectivity index (χ4v) is 4.17. The number of hydrogen-bond donors (Lipinski definition) is 2. The largest absolute Gasteiger partial charge is 0.326 e. The summed E-state index contributed by atoms with van der Waals surface area (Å²) in [5.41, 5.74) is 5.60. The Morgan fingerprint density at radius 1 is 1.33 bits per heavy atom. The number of nitrogens with zero attached hydrogens (tertiary/aromatic N) is 1. The Hall–Kier alpha value is -0.670. The van der Waals surface area contributed by atoms with Crippen LogP contribution in [0.1, 0.15) is 5.56 Å². The van der Waals surface area contributed by atoms with Gasteiger partial charge in [0.1, 0.15) is 5.82 Å². The number of hydrogen-bond acceptors (Lipinski definition) is 5. The second-order valence-corrected chi connectivity index (χ2v) is 7.80. The first-order valence-electron chi connectivity index (χ1n) is 6.81. The molecule has 0 spiro atoms. The Labute approximate surface area is 129 Å². The maximum atomic E-state index is 13.3. The SMILES string of the molecule is NCc1cc(S(=O)(=O)NCCN2CCSCC2)ccc1F. The van der Waals surface area contributed by atoms with Gasteiger partial charge in [-0.25, -0.2) is 17.5 Å². The van der Waals surface area contributed by atoms with E-state index in [0.29, 0.717) is 13.1 Å².